The van der Waals surface area contributed by atoms with E-state index in [4.69, 9.17) is 0 Å². The Morgan fingerprint density at radius 1 is 1.53 bits per heavy atom. The van der Waals surface area contributed by atoms with E-state index in [0.717, 1.165) is 0 Å². The summed E-state index contributed by atoms with van der Waals surface area (Å²) in [4.78, 5) is 15.5. The van der Waals surface area contributed by atoms with Crippen LogP contribution in [0.2, 0.25) is 0 Å². The third-order valence-electron chi connectivity index (χ3n) is 2.25. The number of anilines is 1. The van der Waals surface area contributed by atoms with Gasteiger partial charge in [-0.2, -0.15) is 0 Å². The van der Waals surface area contributed by atoms with E-state index >= 15 is 0 Å². The number of carbonyl (C=O) groups excluding carboxylic acids is 1. The van der Waals surface area contributed by atoms with Gasteiger partial charge in [0.25, 0.3) is 0 Å². The average Bonchev–Trinajstić information content (AvgIpc) is 2.79. The van der Waals surface area contributed by atoms with Gasteiger partial charge in [-0.15, -0.1) is 0 Å². The Balaban J connectivity index is 2.25. The standard InChI is InChI=1S/C11H9BrFN3O/c1-7-4-9(13)8(12)5-10(7)15-11(17)16-3-2-14-6-16/h2-6H,1H3,(H,15,17). The SMILES string of the molecule is Cc1cc(F)c(Br)cc1NC(=O)n1ccnc1. The second-order valence-electron chi connectivity index (χ2n) is 3.48. The Morgan fingerprint density at radius 2 is 2.29 bits per heavy atom. The Bertz CT molecular complexity index is 554. The lowest BCUT2D eigenvalue weighted by atomic mass is 10.2. The van der Waals surface area contributed by atoms with E-state index in [0.29, 0.717) is 15.7 Å². The number of nitrogens with one attached hydrogen (secondary N) is 1. The monoisotopic (exact) mass is 297 g/mol. The Kier molecular flexibility index (Phi) is 3.23. The molecular formula is C11H9BrFN3O. The number of aryl methyl sites for hydroxylation is 1. The topological polar surface area (TPSA) is 46.9 Å². The van der Waals surface area contributed by atoms with Gasteiger partial charge < -0.3 is 5.32 Å². The number of hydrogen-bond acceptors (Lipinski definition) is 2. The summed E-state index contributed by atoms with van der Waals surface area (Å²) in [5, 5.41) is 2.67. The maximum absolute atomic E-state index is 13.2. The highest BCUT2D eigenvalue weighted by molar-refractivity contribution is 9.10. The average molecular weight is 298 g/mol. The Morgan fingerprint density at radius 3 is 2.94 bits per heavy atom. The first-order chi connectivity index (χ1) is 8.08. The second-order valence-corrected chi connectivity index (χ2v) is 4.34. The number of rotatable bonds is 1. The van der Waals surface area contributed by atoms with Crippen LogP contribution in [0.1, 0.15) is 5.56 Å². The number of halogens is 2. The van der Waals surface area contributed by atoms with Crippen molar-refractivity contribution in [1.82, 2.24) is 9.55 Å². The van der Waals surface area contributed by atoms with Crippen molar-refractivity contribution in [1.29, 1.82) is 0 Å². The zero-order chi connectivity index (χ0) is 12.4. The van der Waals surface area contributed by atoms with Crippen LogP contribution in [0.4, 0.5) is 14.9 Å². The van der Waals surface area contributed by atoms with Crippen molar-refractivity contribution >= 4 is 27.6 Å². The maximum Gasteiger partial charge on any atom is 0.331 e. The fraction of sp³-hybridized carbons (Fsp3) is 0.0909. The van der Waals surface area contributed by atoms with Crippen LogP contribution in [0.3, 0.4) is 0 Å². The molecule has 1 N–H and O–H groups in total. The minimum atomic E-state index is -0.358. The molecular weight excluding hydrogens is 289 g/mol. The third kappa shape index (κ3) is 2.52. The van der Waals surface area contributed by atoms with E-state index in [1.807, 2.05) is 0 Å². The molecule has 0 aliphatic heterocycles. The maximum atomic E-state index is 13.2. The highest BCUT2D eigenvalue weighted by Crippen LogP contribution is 2.24. The molecule has 0 saturated heterocycles. The second kappa shape index (κ2) is 4.67. The van der Waals surface area contributed by atoms with Crippen LogP contribution in [-0.2, 0) is 0 Å². The smallest absolute Gasteiger partial charge is 0.307 e. The van der Waals surface area contributed by atoms with Crippen LogP contribution >= 0.6 is 15.9 Å². The van der Waals surface area contributed by atoms with E-state index in [2.05, 4.69) is 26.2 Å². The molecule has 88 valence electrons. The van der Waals surface area contributed by atoms with Gasteiger partial charge in [-0.05, 0) is 40.5 Å². The molecule has 17 heavy (non-hydrogen) atoms. The highest BCUT2D eigenvalue weighted by Gasteiger charge is 2.09. The molecule has 0 atom stereocenters. The largest absolute Gasteiger partial charge is 0.331 e. The van der Waals surface area contributed by atoms with Gasteiger partial charge in [-0.3, -0.25) is 4.57 Å². The van der Waals surface area contributed by atoms with Gasteiger partial charge in [-0.25, -0.2) is 14.2 Å². The summed E-state index contributed by atoms with van der Waals surface area (Å²) in [5.41, 5.74) is 1.20. The van der Waals surface area contributed by atoms with E-state index in [-0.39, 0.29) is 11.8 Å². The number of hydrogen-bond donors (Lipinski definition) is 1. The number of amides is 1. The molecule has 0 saturated carbocycles. The zero-order valence-corrected chi connectivity index (χ0v) is 10.5. The van der Waals surface area contributed by atoms with Crippen molar-refractivity contribution < 1.29 is 9.18 Å². The molecule has 0 aliphatic carbocycles. The normalized spacial score (nSPS) is 10.3. The predicted molar refractivity (Wildman–Crippen MR) is 65.5 cm³/mol. The summed E-state index contributed by atoms with van der Waals surface area (Å²) in [5.74, 6) is -0.358. The number of benzene rings is 1. The fourth-order valence-corrected chi connectivity index (χ4v) is 1.68. The molecule has 6 heteroatoms. The van der Waals surface area contributed by atoms with E-state index in [1.165, 1.54) is 35.4 Å². The van der Waals surface area contributed by atoms with Gasteiger partial charge in [0.2, 0.25) is 0 Å². The van der Waals surface area contributed by atoms with E-state index in [1.54, 1.807) is 6.92 Å². The quantitative estimate of drug-likeness (QED) is 0.879. The zero-order valence-electron chi connectivity index (χ0n) is 8.95. The van der Waals surface area contributed by atoms with Crippen molar-refractivity contribution in [2.24, 2.45) is 0 Å². The van der Waals surface area contributed by atoms with E-state index < -0.39 is 0 Å². The number of carbonyl (C=O) groups is 1. The van der Waals surface area contributed by atoms with E-state index in [9.17, 15) is 9.18 Å². The van der Waals surface area contributed by atoms with Crippen molar-refractivity contribution in [3.8, 4) is 0 Å². The molecule has 1 aromatic carbocycles. The molecule has 0 spiro atoms. The van der Waals surface area contributed by atoms with Crippen LogP contribution in [0.5, 0.6) is 0 Å². The fourth-order valence-electron chi connectivity index (χ4n) is 1.34. The minimum Gasteiger partial charge on any atom is -0.307 e. The lowest BCUT2D eigenvalue weighted by molar-refractivity contribution is 0.253. The van der Waals surface area contributed by atoms with Crippen LogP contribution in [0, 0.1) is 12.7 Å². The summed E-state index contributed by atoms with van der Waals surface area (Å²) >= 11 is 3.07. The molecule has 4 nitrogen and oxygen atoms in total. The molecule has 0 aliphatic rings. The first-order valence-corrected chi connectivity index (χ1v) is 5.62. The Labute approximate surface area is 106 Å². The van der Waals surface area contributed by atoms with Gasteiger partial charge in [0.05, 0.1) is 4.47 Å². The lowest BCUT2D eigenvalue weighted by Crippen LogP contribution is -2.18. The first-order valence-electron chi connectivity index (χ1n) is 4.83. The molecule has 0 unspecified atom stereocenters. The van der Waals surface area contributed by atoms with Crippen LogP contribution in [-0.4, -0.2) is 15.6 Å². The number of aromatic nitrogens is 2. The molecule has 0 radical (unpaired) electrons. The van der Waals surface area contributed by atoms with Crippen molar-refractivity contribution in [3.05, 3.63) is 46.7 Å². The van der Waals surface area contributed by atoms with Gasteiger partial charge in [0, 0.05) is 18.1 Å². The van der Waals surface area contributed by atoms with Crippen molar-refractivity contribution in [2.45, 2.75) is 6.92 Å². The Hall–Kier alpha value is -1.69. The van der Waals surface area contributed by atoms with Crippen LogP contribution in [0.15, 0.2) is 35.3 Å². The number of imidazole rings is 1. The van der Waals surface area contributed by atoms with Gasteiger partial charge >= 0.3 is 6.03 Å². The summed E-state index contributed by atoms with van der Waals surface area (Å²) in [6, 6.07) is 2.54. The molecule has 1 amide bonds. The summed E-state index contributed by atoms with van der Waals surface area (Å²) in [6.07, 6.45) is 4.43. The van der Waals surface area contributed by atoms with Gasteiger partial charge in [0.1, 0.15) is 12.1 Å². The molecule has 2 rings (SSSR count). The summed E-state index contributed by atoms with van der Waals surface area (Å²) in [7, 11) is 0. The first kappa shape index (κ1) is 11.8. The third-order valence-corrected chi connectivity index (χ3v) is 2.86. The van der Waals surface area contributed by atoms with Crippen molar-refractivity contribution in [3.63, 3.8) is 0 Å². The van der Waals surface area contributed by atoms with Gasteiger partial charge in [-0.1, -0.05) is 0 Å². The molecule has 2 aromatic rings. The number of nitrogens with zero attached hydrogens (tertiary/aromatic N) is 2. The lowest BCUT2D eigenvalue weighted by Gasteiger charge is -2.09. The summed E-state index contributed by atoms with van der Waals surface area (Å²) < 4.78 is 14.8. The summed E-state index contributed by atoms with van der Waals surface area (Å²) in [6.45, 7) is 1.72. The minimum absolute atomic E-state index is 0.309. The van der Waals surface area contributed by atoms with Crippen molar-refractivity contribution in [2.75, 3.05) is 5.32 Å². The van der Waals surface area contributed by atoms with Crippen LogP contribution < -0.4 is 5.32 Å². The molecule has 1 aromatic heterocycles. The molecule has 1 heterocycles. The molecule has 0 bridgehead atoms. The molecule has 0 fully saturated rings. The highest BCUT2D eigenvalue weighted by atomic mass is 79.9. The van der Waals surface area contributed by atoms with Gasteiger partial charge in [0.15, 0.2) is 0 Å². The van der Waals surface area contributed by atoms with Crippen LogP contribution in [0.25, 0.3) is 0 Å². The predicted octanol–water partition coefficient (Wildman–Crippen LogP) is 3.17.